The molecule has 0 aliphatic carbocycles. The minimum absolute atomic E-state index is 0. The van der Waals surface area contributed by atoms with Gasteiger partial charge in [-0.3, -0.25) is 4.99 Å². The summed E-state index contributed by atoms with van der Waals surface area (Å²) < 4.78 is 6.49. The van der Waals surface area contributed by atoms with Gasteiger partial charge in [-0.1, -0.05) is 41.0 Å². The predicted molar refractivity (Wildman–Crippen MR) is 129 cm³/mol. The molecule has 1 aliphatic heterocycles. The molecule has 1 atom stereocenters. The first kappa shape index (κ1) is 23.0. The van der Waals surface area contributed by atoms with Gasteiger partial charge in [0.15, 0.2) is 11.7 Å². The summed E-state index contributed by atoms with van der Waals surface area (Å²) >= 11 is 3.55. The molecule has 1 fully saturated rings. The lowest BCUT2D eigenvalue weighted by atomic mass is 10.1. The number of hydrogen-bond acceptors (Lipinski definition) is 4. The van der Waals surface area contributed by atoms with Gasteiger partial charge in [0.1, 0.15) is 0 Å². The molecular formula is C20H29BrIN5O. The Morgan fingerprint density at radius 3 is 2.86 bits per heavy atom. The Morgan fingerprint density at radius 1 is 1.36 bits per heavy atom. The molecular weight excluding hydrogens is 533 g/mol. The Hall–Kier alpha value is -1.29. The highest BCUT2D eigenvalue weighted by molar-refractivity contribution is 14.0. The third-order valence-corrected chi connectivity index (χ3v) is 5.33. The molecule has 6 nitrogen and oxygen atoms in total. The van der Waals surface area contributed by atoms with Gasteiger partial charge in [-0.05, 0) is 36.5 Å². The fourth-order valence-corrected chi connectivity index (χ4v) is 3.61. The molecule has 28 heavy (non-hydrogen) atoms. The maximum atomic E-state index is 5.37. The van der Waals surface area contributed by atoms with Gasteiger partial charge in [0.25, 0.3) is 0 Å². The first-order valence-electron chi connectivity index (χ1n) is 9.45. The summed E-state index contributed by atoms with van der Waals surface area (Å²) in [6.45, 7) is 7.83. The van der Waals surface area contributed by atoms with E-state index >= 15 is 0 Å². The van der Waals surface area contributed by atoms with E-state index in [4.69, 9.17) is 4.52 Å². The van der Waals surface area contributed by atoms with Crippen molar-refractivity contribution < 1.29 is 4.52 Å². The van der Waals surface area contributed by atoms with Gasteiger partial charge in [0, 0.05) is 42.9 Å². The molecule has 0 radical (unpaired) electrons. The van der Waals surface area contributed by atoms with Crippen LogP contribution >= 0.6 is 39.9 Å². The van der Waals surface area contributed by atoms with Gasteiger partial charge in [0.2, 0.25) is 0 Å². The summed E-state index contributed by atoms with van der Waals surface area (Å²) in [7, 11) is 1.79. The molecule has 1 unspecified atom stereocenters. The summed E-state index contributed by atoms with van der Waals surface area (Å²) in [6, 6.07) is 10.5. The number of aromatic nitrogens is 1. The molecule has 2 N–H and O–H groups in total. The highest BCUT2D eigenvalue weighted by Crippen LogP contribution is 2.25. The number of aliphatic imine (C=N–C) groups is 1. The van der Waals surface area contributed by atoms with Crippen LogP contribution in [0.1, 0.15) is 37.6 Å². The van der Waals surface area contributed by atoms with E-state index in [9.17, 15) is 0 Å². The molecule has 1 aliphatic rings. The number of nitrogens with zero attached hydrogens (tertiary/aromatic N) is 3. The maximum absolute atomic E-state index is 5.37. The number of rotatable bonds is 6. The molecule has 8 heteroatoms. The second-order valence-electron chi connectivity index (χ2n) is 7.26. The largest absolute Gasteiger partial charge is 0.371 e. The molecule has 1 saturated heterocycles. The molecule has 2 aromatic rings. The summed E-state index contributed by atoms with van der Waals surface area (Å²) in [4.78, 5) is 6.75. The summed E-state index contributed by atoms with van der Waals surface area (Å²) in [6.07, 6.45) is 1.18. The third-order valence-electron chi connectivity index (χ3n) is 4.84. The summed E-state index contributed by atoms with van der Waals surface area (Å²) in [5.74, 6) is 2.58. The van der Waals surface area contributed by atoms with Crippen molar-refractivity contribution in [2.45, 2.75) is 32.7 Å². The van der Waals surface area contributed by atoms with Crippen LogP contribution in [0.2, 0.25) is 0 Å². The number of halogens is 2. The zero-order valence-electron chi connectivity index (χ0n) is 16.6. The van der Waals surface area contributed by atoms with Gasteiger partial charge < -0.3 is 20.1 Å². The quantitative estimate of drug-likeness (QED) is 0.311. The van der Waals surface area contributed by atoms with Crippen molar-refractivity contribution in [3.8, 4) is 0 Å². The molecule has 1 aromatic heterocycles. The fraction of sp³-hybridized carbons (Fsp3) is 0.500. The lowest BCUT2D eigenvalue weighted by molar-refractivity contribution is 0.371. The SMILES string of the molecule is CN=C(NCc1cc(C(C)C)no1)NCC1CCN(c2cccc(Br)c2)C1.I. The lowest BCUT2D eigenvalue weighted by Crippen LogP contribution is -2.39. The monoisotopic (exact) mass is 561 g/mol. The number of hydrogen-bond donors (Lipinski definition) is 2. The zero-order chi connectivity index (χ0) is 19.2. The van der Waals surface area contributed by atoms with E-state index in [2.05, 4.69) is 79.7 Å². The molecule has 154 valence electrons. The molecule has 0 spiro atoms. The van der Waals surface area contributed by atoms with Crippen molar-refractivity contribution >= 4 is 51.6 Å². The summed E-state index contributed by atoms with van der Waals surface area (Å²) in [5, 5.41) is 10.8. The van der Waals surface area contributed by atoms with E-state index in [0.717, 1.165) is 41.5 Å². The van der Waals surface area contributed by atoms with Crippen LogP contribution in [-0.4, -0.2) is 37.8 Å². The number of anilines is 1. The van der Waals surface area contributed by atoms with Gasteiger partial charge in [0.05, 0.1) is 12.2 Å². The Kier molecular flexibility index (Phi) is 9.07. The number of benzene rings is 1. The van der Waals surface area contributed by atoms with Crippen LogP contribution in [-0.2, 0) is 6.54 Å². The Labute approximate surface area is 192 Å². The molecule has 3 rings (SSSR count). The van der Waals surface area contributed by atoms with Crippen LogP contribution in [0, 0.1) is 5.92 Å². The lowest BCUT2D eigenvalue weighted by Gasteiger charge is -2.19. The van der Waals surface area contributed by atoms with Crippen LogP contribution in [0.25, 0.3) is 0 Å². The van der Waals surface area contributed by atoms with E-state index in [0.29, 0.717) is 18.4 Å². The Morgan fingerprint density at radius 2 is 2.18 bits per heavy atom. The van der Waals surface area contributed by atoms with E-state index in [1.54, 1.807) is 7.05 Å². The molecule has 0 amide bonds. The smallest absolute Gasteiger partial charge is 0.191 e. The normalized spacial score (nSPS) is 17.0. The minimum atomic E-state index is 0. The van der Waals surface area contributed by atoms with Crippen LogP contribution in [0.15, 0.2) is 44.3 Å². The van der Waals surface area contributed by atoms with E-state index in [-0.39, 0.29) is 24.0 Å². The molecule has 2 heterocycles. The Bertz CT molecular complexity index is 779. The third kappa shape index (κ3) is 6.37. The van der Waals surface area contributed by atoms with Crippen molar-refractivity contribution in [3.05, 3.63) is 46.3 Å². The van der Waals surface area contributed by atoms with Crippen LogP contribution in [0.5, 0.6) is 0 Å². The number of nitrogens with one attached hydrogen (secondary N) is 2. The van der Waals surface area contributed by atoms with E-state index in [1.165, 1.54) is 12.1 Å². The van der Waals surface area contributed by atoms with Crippen molar-refractivity contribution in [2.24, 2.45) is 10.9 Å². The first-order valence-corrected chi connectivity index (χ1v) is 10.2. The average molecular weight is 562 g/mol. The van der Waals surface area contributed by atoms with Crippen molar-refractivity contribution in [1.82, 2.24) is 15.8 Å². The average Bonchev–Trinajstić information content (AvgIpc) is 3.31. The standard InChI is InChI=1S/C20H28BrN5O.HI/c1-14(2)19-10-18(27-25-19)12-24-20(22-3)23-11-15-7-8-26(13-15)17-6-4-5-16(21)9-17;/h4-6,9-10,14-15H,7-8,11-13H2,1-3H3,(H2,22,23,24);1H. The van der Waals surface area contributed by atoms with Gasteiger partial charge in [-0.25, -0.2) is 0 Å². The van der Waals surface area contributed by atoms with E-state index in [1.807, 2.05) is 6.07 Å². The highest BCUT2D eigenvalue weighted by Gasteiger charge is 2.23. The topological polar surface area (TPSA) is 65.7 Å². The summed E-state index contributed by atoms with van der Waals surface area (Å²) in [5.41, 5.74) is 2.26. The Balaban J connectivity index is 0.00000280. The van der Waals surface area contributed by atoms with E-state index < -0.39 is 0 Å². The predicted octanol–water partition coefficient (Wildman–Crippen LogP) is 4.37. The second kappa shape index (κ2) is 11.0. The fourth-order valence-electron chi connectivity index (χ4n) is 3.22. The minimum Gasteiger partial charge on any atom is -0.371 e. The van der Waals surface area contributed by atoms with Gasteiger partial charge in [-0.15, -0.1) is 24.0 Å². The maximum Gasteiger partial charge on any atom is 0.191 e. The van der Waals surface area contributed by atoms with Gasteiger partial charge in [-0.2, -0.15) is 0 Å². The molecule has 1 aromatic carbocycles. The van der Waals surface area contributed by atoms with Crippen LogP contribution in [0.3, 0.4) is 0 Å². The highest BCUT2D eigenvalue weighted by atomic mass is 127. The van der Waals surface area contributed by atoms with Gasteiger partial charge >= 0.3 is 0 Å². The first-order chi connectivity index (χ1) is 13.0. The van der Waals surface area contributed by atoms with Crippen LogP contribution in [0.4, 0.5) is 5.69 Å². The second-order valence-corrected chi connectivity index (χ2v) is 8.18. The number of guanidine groups is 1. The zero-order valence-corrected chi connectivity index (χ0v) is 20.5. The van der Waals surface area contributed by atoms with Crippen LogP contribution < -0.4 is 15.5 Å². The van der Waals surface area contributed by atoms with Crippen molar-refractivity contribution in [2.75, 3.05) is 31.6 Å². The van der Waals surface area contributed by atoms with Crippen molar-refractivity contribution in [3.63, 3.8) is 0 Å². The van der Waals surface area contributed by atoms with Crippen molar-refractivity contribution in [1.29, 1.82) is 0 Å². The molecule has 0 saturated carbocycles. The molecule has 0 bridgehead atoms.